The number of nitriles is 1. The molecular weight excluding hydrogens is 434 g/mol. The third kappa shape index (κ3) is 4.99. The van der Waals surface area contributed by atoms with Crippen molar-refractivity contribution in [3.05, 3.63) is 28.2 Å². The van der Waals surface area contributed by atoms with Crippen molar-refractivity contribution in [1.82, 2.24) is 14.1 Å². The van der Waals surface area contributed by atoms with Crippen LogP contribution in [0.3, 0.4) is 0 Å². The molecule has 0 spiro atoms. The molecule has 1 aliphatic carbocycles. The van der Waals surface area contributed by atoms with Crippen LogP contribution in [0.4, 0.5) is 5.82 Å². The second-order valence-electron chi connectivity index (χ2n) is 9.36. The number of hydrogen-bond acceptors (Lipinski definition) is 5. The summed E-state index contributed by atoms with van der Waals surface area (Å²) in [5.41, 5.74) is 4.70. The van der Waals surface area contributed by atoms with Crippen LogP contribution in [0.25, 0.3) is 0 Å². The number of thioether (sulfide) groups is 1. The van der Waals surface area contributed by atoms with Gasteiger partial charge in [0.05, 0.1) is 29.7 Å². The van der Waals surface area contributed by atoms with Gasteiger partial charge in [-0.3, -0.25) is 4.79 Å². The molecule has 0 bridgehead atoms. The summed E-state index contributed by atoms with van der Waals surface area (Å²) >= 11 is 1.49. The summed E-state index contributed by atoms with van der Waals surface area (Å²) in [5.74, 6) is 0.740. The maximum absolute atomic E-state index is 13.0. The van der Waals surface area contributed by atoms with E-state index in [0.717, 1.165) is 41.6 Å². The summed E-state index contributed by atoms with van der Waals surface area (Å²) in [5, 5.41) is 13.7. The molecule has 1 saturated heterocycles. The average Bonchev–Trinajstić information content (AvgIpc) is 3.48. The molecule has 178 valence electrons. The lowest BCUT2D eigenvalue weighted by Gasteiger charge is -2.26. The lowest BCUT2D eigenvalue weighted by molar-refractivity contribution is -0.113. The van der Waals surface area contributed by atoms with Crippen LogP contribution >= 0.6 is 11.8 Å². The zero-order chi connectivity index (χ0) is 23.5. The van der Waals surface area contributed by atoms with Crippen molar-refractivity contribution in [2.75, 3.05) is 17.7 Å². The van der Waals surface area contributed by atoms with Crippen molar-refractivity contribution in [2.45, 2.75) is 96.5 Å². The minimum atomic E-state index is -0.115. The molecular formula is C25H35N5O2S. The number of amides is 1. The molecule has 0 aromatic carbocycles. The number of nitrogens with zero attached hydrogens (tertiary/aromatic N) is 4. The van der Waals surface area contributed by atoms with Gasteiger partial charge in [0.1, 0.15) is 11.9 Å². The van der Waals surface area contributed by atoms with E-state index in [0.29, 0.717) is 24.0 Å². The number of carbonyl (C=O) groups is 1. The number of rotatable bonds is 7. The number of anilines is 1. The summed E-state index contributed by atoms with van der Waals surface area (Å²) in [4.78, 5) is 17.8. The van der Waals surface area contributed by atoms with Gasteiger partial charge in [0.15, 0.2) is 5.16 Å². The van der Waals surface area contributed by atoms with Gasteiger partial charge in [0, 0.05) is 24.0 Å². The number of carbonyl (C=O) groups excluding carboxylic acids is 1. The molecule has 0 unspecified atom stereocenters. The second kappa shape index (κ2) is 10.4. The fourth-order valence-corrected chi connectivity index (χ4v) is 6.07. The maximum atomic E-state index is 13.0. The average molecular weight is 470 g/mol. The molecule has 1 amide bonds. The van der Waals surface area contributed by atoms with Gasteiger partial charge in [-0.05, 0) is 58.9 Å². The monoisotopic (exact) mass is 469 g/mol. The molecule has 2 aromatic heterocycles. The molecule has 8 heteroatoms. The van der Waals surface area contributed by atoms with E-state index in [1.54, 1.807) is 0 Å². The molecule has 1 atom stereocenters. The number of nitrogens with one attached hydrogen (secondary N) is 1. The summed E-state index contributed by atoms with van der Waals surface area (Å²) in [6.45, 7) is 9.55. The number of imidazole rings is 1. The zero-order valence-electron chi connectivity index (χ0n) is 20.2. The van der Waals surface area contributed by atoms with Gasteiger partial charge in [-0.15, -0.1) is 0 Å². The molecule has 4 rings (SSSR count). The first-order chi connectivity index (χ1) is 15.9. The molecule has 2 fully saturated rings. The van der Waals surface area contributed by atoms with Crippen LogP contribution in [0, 0.1) is 39.0 Å². The highest BCUT2D eigenvalue weighted by atomic mass is 32.2. The smallest absolute Gasteiger partial charge is 0.235 e. The zero-order valence-corrected chi connectivity index (χ0v) is 21.1. The topological polar surface area (TPSA) is 84.9 Å². The lowest BCUT2D eigenvalue weighted by atomic mass is 9.95. The largest absolute Gasteiger partial charge is 0.376 e. The van der Waals surface area contributed by atoms with Crippen LogP contribution in [-0.4, -0.2) is 38.5 Å². The lowest BCUT2D eigenvalue weighted by Crippen LogP contribution is -2.22. The van der Waals surface area contributed by atoms with Crippen LogP contribution in [-0.2, 0) is 16.1 Å². The van der Waals surface area contributed by atoms with Crippen LogP contribution in [0.1, 0.15) is 79.2 Å². The Morgan fingerprint density at radius 3 is 2.58 bits per heavy atom. The Morgan fingerprint density at radius 1 is 1.15 bits per heavy atom. The molecule has 3 heterocycles. The highest BCUT2D eigenvalue weighted by molar-refractivity contribution is 7.99. The van der Waals surface area contributed by atoms with Crippen LogP contribution in [0.2, 0.25) is 0 Å². The first-order valence-electron chi connectivity index (χ1n) is 12.1. The Balaban J connectivity index is 1.49. The van der Waals surface area contributed by atoms with Gasteiger partial charge in [-0.25, -0.2) is 4.98 Å². The normalized spacial score (nSPS) is 19.1. The Kier molecular flexibility index (Phi) is 7.50. The van der Waals surface area contributed by atoms with E-state index < -0.39 is 0 Å². The number of ether oxygens (including phenoxy) is 1. The van der Waals surface area contributed by atoms with Crippen LogP contribution < -0.4 is 5.32 Å². The highest BCUT2D eigenvalue weighted by Crippen LogP contribution is 2.34. The Bertz CT molecular complexity index is 1050. The quantitative estimate of drug-likeness (QED) is 0.563. The molecule has 1 aliphatic heterocycles. The first kappa shape index (κ1) is 23.9. The molecule has 1 N–H and O–H groups in total. The van der Waals surface area contributed by atoms with Crippen LogP contribution in [0.5, 0.6) is 0 Å². The second-order valence-corrected chi connectivity index (χ2v) is 10.3. The Hall–Kier alpha value is -2.24. The van der Waals surface area contributed by atoms with Crippen molar-refractivity contribution in [1.29, 1.82) is 5.26 Å². The SMILES string of the molecule is Cc1nc(SCC(=O)Nc2c(C#N)c(C)c(C)n2C[C@H]2CCCO2)n(C2CCCCC2)c1C. The third-order valence-electron chi connectivity index (χ3n) is 7.24. The van der Waals surface area contributed by atoms with Gasteiger partial charge in [-0.1, -0.05) is 31.0 Å². The Labute approximate surface area is 200 Å². The number of hydrogen-bond donors (Lipinski definition) is 1. The fourth-order valence-electron chi connectivity index (χ4n) is 5.12. The van der Waals surface area contributed by atoms with E-state index in [9.17, 15) is 10.1 Å². The van der Waals surface area contributed by atoms with E-state index >= 15 is 0 Å². The highest BCUT2D eigenvalue weighted by Gasteiger charge is 2.25. The van der Waals surface area contributed by atoms with E-state index in [-0.39, 0.29) is 17.8 Å². The van der Waals surface area contributed by atoms with E-state index in [4.69, 9.17) is 9.72 Å². The first-order valence-corrected chi connectivity index (χ1v) is 13.1. The minimum absolute atomic E-state index is 0.115. The van der Waals surface area contributed by atoms with Crippen molar-refractivity contribution in [3.8, 4) is 6.07 Å². The summed E-state index contributed by atoms with van der Waals surface area (Å²) in [6, 6.07) is 2.77. The molecule has 2 aliphatic rings. The van der Waals surface area contributed by atoms with E-state index in [1.807, 2.05) is 25.3 Å². The Morgan fingerprint density at radius 2 is 1.91 bits per heavy atom. The predicted molar refractivity (Wildman–Crippen MR) is 131 cm³/mol. The molecule has 1 saturated carbocycles. The van der Waals surface area contributed by atoms with Gasteiger partial charge < -0.3 is 19.2 Å². The van der Waals surface area contributed by atoms with E-state index in [2.05, 4.69) is 22.9 Å². The van der Waals surface area contributed by atoms with Crippen molar-refractivity contribution in [3.63, 3.8) is 0 Å². The van der Waals surface area contributed by atoms with Gasteiger partial charge in [0.25, 0.3) is 0 Å². The third-order valence-corrected chi connectivity index (χ3v) is 8.19. The van der Waals surface area contributed by atoms with Gasteiger partial charge in [-0.2, -0.15) is 5.26 Å². The maximum Gasteiger partial charge on any atom is 0.235 e. The van der Waals surface area contributed by atoms with E-state index in [1.165, 1.54) is 49.6 Å². The minimum Gasteiger partial charge on any atom is -0.376 e. The number of aryl methyl sites for hydroxylation is 1. The van der Waals surface area contributed by atoms with Crippen LogP contribution in [0.15, 0.2) is 5.16 Å². The molecule has 7 nitrogen and oxygen atoms in total. The van der Waals surface area contributed by atoms with Crippen molar-refractivity contribution in [2.24, 2.45) is 0 Å². The molecule has 33 heavy (non-hydrogen) atoms. The van der Waals surface area contributed by atoms with Crippen molar-refractivity contribution < 1.29 is 9.53 Å². The summed E-state index contributed by atoms with van der Waals surface area (Å²) in [7, 11) is 0. The van der Waals surface area contributed by atoms with Gasteiger partial charge in [0.2, 0.25) is 5.91 Å². The molecule has 2 aromatic rings. The van der Waals surface area contributed by atoms with Crippen molar-refractivity contribution >= 4 is 23.5 Å². The predicted octanol–water partition coefficient (Wildman–Crippen LogP) is 5.20. The standard InChI is InChI=1S/C25H35N5O2S/c1-16-18(3)29(14-21-11-8-12-32-21)24(22(16)13-26)28-23(31)15-33-25-27-17(2)19(4)30(25)20-9-6-5-7-10-20/h20-21H,5-12,14-15H2,1-4H3,(H,28,31)/t21-/m1/s1. The molecule has 0 radical (unpaired) electrons. The van der Waals surface area contributed by atoms with Gasteiger partial charge >= 0.3 is 0 Å². The fraction of sp³-hybridized carbons (Fsp3) is 0.640. The summed E-state index contributed by atoms with van der Waals surface area (Å²) in [6.07, 6.45) is 8.35. The number of aromatic nitrogens is 3. The summed E-state index contributed by atoms with van der Waals surface area (Å²) < 4.78 is 10.2.